The summed E-state index contributed by atoms with van der Waals surface area (Å²) >= 11 is 0. The summed E-state index contributed by atoms with van der Waals surface area (Å²) in [6.07, 6.45) is 0. The molecule has 0 radical (unpaired) electrons. The molecule has 2 aromatic rings. The molecule has 11 heteroatoms. The number of aliphatic hydroxyl groups is 1. The molecule has 1 saturated heterocycles. The van der Waals surface area contributed by atoms with Gasteiger partial charge in [0.2, 0.25) is 0 Å². The van der Waals surface area contributed by atoms with E-state index in [1.807, 2.05) is 6.07 Å². The van der Waals surface area contributed by atoms with Crippen molar-refractivity contribution >= 4 is 27.7 Å². The molecule has 2 aromatic carbocycles. The number of nitrogens with zero attached hydrogens (tertiary/aromatic N) is 2. The number of para-hydroxylation sites is 1. The van der Waals surface area contributed by atoms with Gasteiger partial charge < -0.3 is 19.8 Å². The number of sulfone groups is 1. The largest absolute Gasteiger partial charge is 0.479 e. The van der Waals surface area contributed by atoms with Crippen molar-refractivity contribution in [3.05, 3.63) is 54.6 Å². The first-order chi connectivity index (χ1) is 15.3. The van der Waals surface area contributed by atoms with Crippen molar-refractivity contribution < 1.29 is 37.8 Å². The van der Waals surface area contributed by atoms with Crippen LogP contribution in [0.15, 0.2) is 59.5 Å². The monoisotopic (exact) mass is 476 g/mol. The number of carboxylic acid groups (broad SMARTS) is 1. The van der Waals surface area contributed by atoms with Gasteiger partial charge in [-0.1, -0.05) is 18.2 Å². The molecule has 1 unspecified atom stereocenters. The van der Waals surface area contributed by atoms with Crippen LogP contribution in [-0.2, 0) is 19.4 Å². The van der Waals surface area contributed by atoms with Crippen LogP contribution in [-0.4, -0.2) is 76.8 Å². The average molecular weight is 477 g/mol. The maximum Gasteiger partial charge on any atom is 0.338 e. The van der Waals surface area contributed by atoms with E-state index in [9.17, 15) is 33.0 Å². The van der Waals surface area contributed by atoms with Crippen LogP contribution in [0.1, 0.15) is 13.8 Å². The third-order valence-corrected chi connectivity index (χ3v) is 7.38. The smallest absolute Gasteiger partial charge is 0.338 e. The zero-order valence-electron chi connectivity index (χ0n) is 18.3. The van der Waals surface area contributed by atoms with Crippen LogP contribution in [0.2, 0.25) is 0 Å². The molecule has 0 aromatic heterocycles. The number of carboxylic acids is 1. The van der Waals surface area contributed by atoms with Crippen molar-refractivity contribution in [3.8, 4) is 11.5 Å². The first-order valence-electron chi connectivity index (χ1n) is 9.89. The quantitative estimate of drug-likeness (QED) is 0.549. The Kier molecular flexibility index (Phi) is 6.22. The molecular formula is C22H24N2O8S. The Bertz CT molecular complexity index is 1180. The highest BCUT2D eigenvalue weighted by atomic mass is 32.2. The minimum atomic E-state index is -4.32. The van der Waals surface area contributed by atoms with Gasteiger partial charge >= 0.3 is 12.0 Å². The van der Waals surface area contributed by atoms with Gasteiger partial charge in [0.15, 0.2) is 15.4 Å². The van der Waals surface area contributed by atoms with Gasteiger partial charge in [0, 0.05) is 7.05 Å². The number of ether oxygens (including phenoxy) is 1. The maximum absolute atomic E-state index is 12.9. The predicted molar refractivity (Wildman–Crippen MR) is 117 cm³/mol. The lowest BCUT2D eigenvalue weighted by molar-refractivity contribution is -0.158. The molecular weight excluding hydrogens is 452 g/mol. The Balaban J connectivity index is 1.81. The number of likely N-dealkylation sites (N-methyl/N-ethyl adjacent to an activating group) is 1. The lowest BCUT2D eigenvalue weighted by atomic mass is 10.0. The minimum absolute atomic E-state index is 0.251. The van der Waals surface area contributed by atoms with E-state index in [1.54, 1.807) is 24.3 Å². The van der Waals surface area contributed by atoms with Crippen molar-refractivity contribution in [2.75, 3.05) is 19.3 Å². The number of aliphatic carboxylic acids is 1. The van der Waals surface area contributed by atoms with Crippen LogP contribution in [0.25, 0.3) is 0 Å². The molecule has 0 spiro atoms. The normalized spacial score (nSPS) is 17.7. The van der Waals surface area contributed by atoms with Crippen molar-refractivity contribution in [2.45, 2.75) is 29.9 Å². The van der Waals surface area contributed by atoms with Gasteiger partial charge in [0.05, 0.1) is 17.2 Å². The van der Waals surface area contributed by atoms with Crippen molar-refractivity contribution in [1.82, 2.24) is 9.80 Å². The van der Waals surface area contributed by atoms with Crippen LogP contribution in [0.3, 0.4) is 0 Å². The van der Waals surface area contributed by atoms with Crippen LogP contribution < -0.4 is 4.74 Å². The summed E-state index contributed by atoms with van der Waals surface area (Å²) in [4.78, 5) is 38.2. The summed E-state index contributed by atoms with van der Waals surface area (Å²) in [6.45, 7) is 1.91. The molecule has 2 N–H and O–H groups in total. The van der Waals surface area contributed by atoms with Crippen LogP contribution in [0, 0.1) is 0 Å². The second-order valence-electron chi connectivity index (χ2n) is 8.27. The summed E-state index contributed by atoms with van der Waals surface area (Å²) in [6, 6.07) is 13.2. The van der Waals surface area contributed by atoms with E-state index < -0.39 is 51.2 Å². The van der Waals surface area contributed by atoms with Crippen molar-refractivity contribution in [3.63, 3.8) is 0 Å². The number of urea groups is 1. The summed E-state index contributed by atoms with van der Waals surface area (Å²) in [7, 11) is -2.96. The van der Waals surface area contributed by atoms with E-state index in [1.165, 1.54) is 45.2 Å². The summed E-state index contributed by atoms with van der Waals surface area (Å²) in [5, 5.41) is 20.3. The average Bonchev–Trinajstić information content (AvgIpc) is 2.89. The molecule has 0 aliphatic carbocycles. The molecule has 33 heavy (non-hydrogen) atoms. The lowest BCUT2D eigenvalue weighted by Gasteiger charge is -2.27. The summed E-state index contributed by atoms with van der Waals surface area (Å²) < 4.78 is 31.4. The Hall–Kier alpha value is -3.44. The number of amides is 3. The molecule has 3 rings (SSSR count). The third-order valence-electron chi connectivity index (χ3n) is 5.53. The number of hydrogen-bond acceptors (Lipinski definition) is 7. The van der Waals surface area contributed by atoms with E-state index in [0.29, 0.717) is 16.4 Å². The Morgan fingerprint density at radius 1 is 1.03 bits per heavy atom. The van der Waals surface area contributed by atoms with E-state index in [4.69, 9.17) is 4.74 Å². The van der Waals surface area contributed by atoms with Gasteiger partial charge in [0.25, 0.3) is 5.91 Å². The Labute approximate surface area is 190 Å². The van der Waals surface area contributed by atoms with E-state index in [0.717, 1.165) is 4.90 Å². The fraction of sp³-hybridized carbons (Fsp3) is 0.318. The second-order valence-corrected chi connectivity index (χ2v) is 10.3. The first-order valence-corrected chi connectivity index (χ1v) is 11.5. The molecule has 1 aliphatic heterocycles. The van der Waals surface area contributed by atoms with Gasteiger partial charge in [-0.05, 0) is 50.2 Å². The minimum Gasteiger partial charge on any atom is -0.479 e. The number of hydrogen-bond donors (Lipinski definition) is 2. The van der Waals surface area contributed by atoms with Gasteiger partial charge in [-0.3, -0.25) is 9.69 Å². The van der Waals surface area contributed by atoms with E-state index in [-0.39, 0.29) is 4.90 Å². The number of carbonyl (C=O) groups is 3. The molecule has 3 amide bonds. The summed E-state index contributed by atoms with van der Waals surface area (Å²) in [5.74, 6) is -2.96. The lowest BCUT2D eigenvalue weighted by Crippen LogP contribution is -2.55. The number of carbonyl (C=O) groups excluding carboxylic acids is 2. The fourth-order valence-corrected chi connectivity index (χ4v) is 4.86. The zero-order chi connectivity index (χ0) is 24.6. The molecule has 10 nitrogen and oxygen atoms in total. The van der Waals surface area contributed by atoms with Gasteiger partial charge in [-0.2, -0.15) is 0 Å². The number of imide groups is 1. The van der Waals surface area contributed by atoms with Crippen molar-refractivity contribution in [1.29, 1.82) is 0 Å². The highest BCUT2D eigenvalue weighted by Gasteiger charge is 2.54. The Morgan fingerprint density at radius 3 is 2.06 bits per heavy atom. The van der Waals surface area contributed by atoms with Crippen LogP contribution in [0.5, 0.6) is 11.5 Å². The van der Waals surface area contributed by atoms with Crippen LogP contribution in [0.4, 0.5) is 4.79 Å². The molecule has 1 heterocycles. The first kappa shape index (κ1) is 24.2. The standard InChI is InChI=1S/C22H24N2O8S/c1-21(2)18(25)24(20(28)23(21)3)13-22(29,19(26)27)14-33(30,31)17-11-9-16(10-12-17)32-15-7-5-4-6-8-15/h4-12,29H,13-14H2,1-3H3,(H,26,27). The zero-order valence-corrected chi connectivity index (χ0v) is 19.1. The Morgan fingerprint density at radius 2 is 1.58 bits per heavy atom. The predicted octanol–water partition coefficient (Wildman–Crippen LogP) is 1.74. The molecule has 0 saturated carbocycles. The van der Waals surface area contributed by atoms with Gasteiger partial charge in [-0.25, -0.2) is 18.0 Å². The van der Waals surface area contributed by atoms with Crippen molar-refractivity contribution in [2.24, 2.45) is 0 Å². The van der Waals surface area contributed by atoms with Gasteiger partial charge in [0.1, 0.15) is 17.0 Å². The number of β-amino-alcohol motifs (C(OH)–C–C–N with tert-alkyl or cyclic N) is 1. The molecule has 1 aliphatic rings. The second kappa shape index (κ2) is 8.49. The third kappa shape index (κ3) is 4.69. The maximum atomic E-state index is 12.9. The molecule has 0 bridgehead atoms. The number of rotatable bonds is 8. The molecule has 1 atom stereocenters. The fourth-order valence-electron chi connectivity index (χ4n) is 3.29. The molecule has 1 fully saturated rings. The van der Waals surface area contributed by atoms with Crippen LogP contribution >= 0.6 is 0 Å². The summed E-state index contributed by atoms with van der Waals surface area (Å²) in [5.41, 5.74) is -4.17. The highest BCUT2D eigenvalue weighted by Crippen LogP contribution is 2.29. The van der Waals surface area contributed by atoms with Gasteiger partial charge in [-0.15, -0.1) is 0 Å². The van der Waals surface area contributed by atoms with E-state index in [2.05, 4.69) is 0 Å². The SMILES string of the molecule is CN1C(=O)N(CC(O)(CS(=O)(=O)c2ccc(Oc3ccccc3)cc2)C(=O)O)C(=O)C1(C)C. The molecule has 176 valence electrons. The highest BCUT2D eigenvalue weighted by molar-refractivity contribution is 7.91. The topological polar surface area (TPSA) is 142 Å². The number of benzene rings is 2. The van der Waals surface area contributed by atoms with E-state index >= 15 is 0 Å².